The van der Waals surface area contributed by atoms with Crippen LogP contribution in [0.25, 0.3) is 16.9 Å². The normalized spacial score (nSPS) is 15.8. The van der Waals surface area contributed by atoms with Gasteiger partial charge >= 0.3 is 0 Å². The van der Waals surface area contributed by atoms with Gasteiger partial charge in [-0.05, 0) is 55.3 Å². The summed E-state index contributed by atoms with van der Waals surface area (Å²) in [6.45, 7) is 4.56. The summed E-state index contributed by atoms with van der Waals surface area (Å²) >= 11 is 0. The number of amides is 1. The van der Waals surface area contributed by atoms with Crippen LogP contribution < -0.4 is 0 Å². The van der Waals surface area contributed by atoms with Gasteiger partial charge in [0.1, 0.15) is 17.4 Å². The molecule has 37 heavy (non-hydrogen) atoms. The fraction of sp³-hybridized carbons (Fsp3) is 0.267. The maximum Gasteiger partial charge on any atom is 0.230 e. The monoisotopic (exact) mass is 498 g/mol. The van der Waals surface area contributed by atoms with E-state index in [0.29, 0.717) is 30.2 Å². The van der Waals surface area contributed by atoms with Crippen LogP contribution in [0.1, 0.15) is 17.8 Å². The number of carbonyl (C=O) groups is 1. The third-order valence-electron chi connectivity index (χ3n) is 6.84. The van der Waals surface area contributed by atoms with Crippen LogP contribution in [0, 0.1) is 12.7 Å². The summed E-state index contributed by atoms with van der Waals surface area (Å²) in [5.41, 5.74) is 4.17. The zero-order valence-electron chi connectivity index (χ0n) is 21.2. The highest BCUT2D eigenvalue weighted by atomic mass is 19.1. The van der Waals surface area contributed by atoms with Crippen molar-refractivity contribution in [2.75, 3.05) is 33.3 Å². The predicted molar refractivity (Wildman–Crippen MR) is 142 cm³/mol. The van der Waals surface area contributed by atoms with Crippen molar-refractivity contribution >= 4 is 5.91 Å². The first-order chi connectivity index (χ1) is 18.0. The predicted octanol–water partition coefficient (Wildman–Crippen LogP) is 5.05. The van der Waals surface area contributed by atoms with E-state index in [2.05, 4.69) is 23.1 Å². The first-order valence-corrected chi connectivity index (χ1v) is 12.6. The zero-order valence-corrected chi connectivity index (χ0v) is 21.2. The van der Waals surface area contributed by atoms with Gasteiger partial charge in [0, 0.05) is 55.4 Å². The summed E-state index contributed by atoms with van der Waals surface area (Å²) in [6, 6.07) is 14.8. The van der Waals surface area contributed by atoms with Crippen molar-refractivity contribution in [3.8, 4) is 16.9 Å². The number of hydrogen-bond acceptors (Lipinski definition) is 4. The molecule has 0 N–H and O–H groups in total. The highest BCUT2D eigenvalue weighted by Crippen LogP contribution is 2.25. The summed E-state index contributed by atoms with van der Waals surface area (Å²) < 4.78 is 21.2. The number of aromatic nitrogens is 2. The second-order valence-electron chi connectivity index (χ2n) is 9.27. The minimum Gasteiger partial charge on any atom is -0.497 e. The quantitative estimate of drug-likeness (QED) is 0.478. The van der Waals surface area contributed by atoms with Crippen LogP contribution in [0.2, 0.25) is 0 Å². The molecule has 1 fully saturated rings. The lowest BCUT2D eigenvalue weighted by Gasteiger charge is -2.36. The molecule has 0 saturated carbocycles. The molecule has 0 atom stereocenters. The fourth-order valence-electron chi connectivity index (χ4n) is 4.73. The van der Waals surface area contributed by atoms with Crippen molar-refractivity contribution in [3.05, 3.63) is 108 Å². The Morgan fingerprint density at radius 2 is 1.86 bits per heavy atom. The smallest absolute Gasteiger partial charge is 0.230 e. The van der Waals surface area contributed by atoms with E-state index in [-0.39, 0.29) is 18.1 Å². The van der Waals surface area contributed by atoms with Crippen molar-refractivity contribution in [2.45, 2.75) is 19.8 Å². The standard InChI is InChI=1S/C30H31FN4O2/c1-22-18-23(12-13-27(22)31)28-21-35(24-8-4-3-5-9-24)29(32-28)20-30(36)34-16-14-33(15-17-34)25-10-6-7-11-26(19-25)37-2/h3-5,7-13,18-19,21H,6,14-17,20H2,1-2H3. The number of halogens is 1. The lowest BCUT2D eigenvalue weighted by molar-refractivity contribution is -0.132. The van der Waals surface area contributed by atoms with Gasteiger partial charge in [0.25, 0.3) is 0 Å². The molecular formula is C30H31FN4O2. The first-order valence-electron chi connectivity index (χ1n) is 12.6. The number of carbonyl (C=O) groups excluding carboxylic acids is 1. The van der Waals surface area contributed by atoms with Gasteiger partial charge < -0.3 is 19.1 Å². The van der Waals surface area contributed by atoms with E-state index in [1.165, 1.54) is 6.07 Å². The van der Waals surface area contributed by atoms with Crippen LogP contribution in [0.15, 0.2) is 90.5 Å². The summed E-state index contributed by atoms with van der Waals surface area (Å²) in [6.07, 6.45) is 11.3. The second kappa shape index (κ2) is 10.9. The molecule has 1 amide bonds. The molecule has 1 aromatic heterocycles. The Hall–Kier alpha value is -4.13. The molecular weight excluding hydrogens is 467 g/mol. The highest BCUT2D eigenvalue weighted by Gasteiger charge is 2.24. The molecule has 0 bridgehead atoms. The van der Waals surface area contributed by atoms with E-state index >= 15 is 0 Å². The molecule has 2 aliphatic rings. The Morgan fingerprint density at radius 1 is 1.08 bits per heavy atom. The van der Waals surface area contributed by atoms with Crippen LogP contribution in [0.4, 0.5) is 4.39 Å². The number of rotatable bonds is 6. The fourth-order valence-corrected chi connectivity index (χ4v) is 4.73. The number of nitrogens with zero attached hydrogens (tertiary/aromatic N) is 4. The Labute approximate surface area is 217 Å². The number of piperazine rings is 1. The third-order valence-corrected chi connectivity index (χ3v) is 6.84. The molecule has 2 heterocycles. The van der Waals surface area contributed by atoms with E-state index in [9.17, 15) is 9.18 Å². The molecule has 0 spiro atoms. The molecule has 0 radical (unpaired) electrons. The lowest BCUT2D eigenvalue weighted by atomic mass is 10.1. The van der Waals surface area contributed by atoms with Gasteiger partial charge in [-0.3, -0.25) is 4.79 Å². The number of aryl methyl sites for hydroxylation is 1. The topological polar surface area (TPSA) is 50.6 Å². The molecule has 5 rings (SSSR count). The summed E-state index contributed by atoms with van der Waals surface area (Å²) in [5, 5.41) is 0. The minimum absolute atomic E-state index is 0.0499. The van der Waals surface area contributed by atoms with Gasteiger partial charge in [-0.25, -0.2) is 9.37 Å². The lowest BCUT2D eigenvalue weighted by Crippen LogP contribution is -2.48. The molecule has 1 aliphatic carbocycles. The average molecular weight is 499 g/mol. The van der Waals surface area contributed by atoms with Crippen molar-refractivity contribution in [1.82, 2.24) is 19.4 Å². The molecule has 7 heteroatoms. The molecule has 3 aromatic rings. The maximum atomic E-state index is 13.9. The number of para-hydroxylation sites is 1. The average Bonchev–Trinajstić information content (AvgIpc) is 3.19. The van der Waals surface area contributed by atoms with Gasteiger partial charge in [-0.15, -0.1) is 0 Å². The zero-order chi connectivity index (χ0) is 25.8. The van der Waals surface area contributed by atoms with Crippen LogP contribution >= 0.6 is 0 Å². The molecule has 1 aliphatic heterocycles. The molecule has 0 unspecified atom stereocenters. The molecule has 6 nitrogen and oxygen atoms in total. The summed E-state index contributed by atoms with van der Waals surface area (Å²) in [4.78, 5) is 22.4. The van der Waals surface area contributed by atoms with E-state index in [1.54, 1.807) is 26.2 Å². The molecule has 190 valence electrons. The Morgan fingerprint density at radius 3 is 2.59 bits per heavy atom. The van der Waals surface area contributed by atoms with Crippen LogP contribution in [-0.4, -0.2) is 58.5 Å². The van der Waals surface area contributed by atoms with Gasteiger partial charge in [0.05, 0.1) is 19.2 Å². The first kappa shape index (κ1) is 24.6. The van der Waals surface area contributed by atoms with E-state index in [4.69, 9.17) is 9.72 Å². The number of imidazole rings is 1. The van der Waals surface area contributed by atoms with Crippen molar-refractivity contribution in [1.29, 1.82) is 0 Å². The Kier molecular flexibility index (Phi) is 7.21. The SMILES string of the molecule is COC1=CC(N2CCN(C(=O)Cc3nc(-c4ccc(F)c(C)c4)cn3-c3ccccc3)CC2)=CCC=C1. The minimum atomic E-state index is -0.245. The van der Waals surface area contributed by atoms with Crippen molar-refractivity contribution < 1.29 is 13.9 Å². The number of allylic oxidation sites excluding steroid dienone is 4. The number of methoxy groups -OCH3 is 1. The number of benzene rings is 2. The largest absolute Gasteiger partial charge is 0.497 e. The van der Waals surface area contributed by atoms with Gasteiger partial charge in [0.2, 0.25) is 5.91 Å². The maximum absolute atomic E-state index is 13.9. The van der Waals surface area contributed by atoms with Crippen molar-refractivity contribution in [3.63, 3.8) is 0 Å². The third kappa shape index (κ3) is 5.50. The Balaban J connectivity index is 1.33. The Bertz CT molecular complexity index is 1370. The van der Waals surface area contributed by atoms with Gasteiger partial charge in [-0.1, -0.05) is 30.4 Å². The summed E-state index contributed by atoms with van der Waals surface area (Å²) in [5.74, 6) is 1.31. The van der Waals surface area contributed by atoms with E-state index in [1.807, 2.05) is 52.1 Å². The second-order valence-corrected chi connectivity index (χ2v) is 9.27. The van der Waals surface area contributed by atoms with Crippen molar-refractivity contribution in [2.24, 2.45) is 0 Å². The van der Waals surface area contributed by atoms with Gasteiger partial charge in [0.15, 0.2) is 0 Å². The van der Waals surface area contributed by atoms with Crippen LogP contribution in [0.5, 0.6) is 0 Å². The number of hydrogen-bond donors (Lipinski definition) is 0. The molecule has 2 aromatic carbocycles. The molecule has 1 saturated heterocycles. The number of ether oxygens (including phenoxy) is 1. The van der Waals surface area contributed by atoms with Crippen LogP contribution in [-0.2, 0) is 16.0 Å². The summed E-state index contributed by atoms with van der Waals surface area (Å²) in [7, 11) is 1.68. The highest BCUT2D eigenvalue weighted by molar-refractivity contribution is 5.78. The van der Waals surface area contributed by atoms with E-state index < -0.39 is 0 Å². The van der Waals surface area contributed by atoms with Crippen LogP contribution in [0.3, 0.4) is 0 Å². The van der Waals surface area contributed by atoms with Gasteiger partial charge in [-0.2, -0.15) is 0 Å². The van der Waals surface area contributed by atoms with E-state index in [0.717, 1.165) is 42.2 Å².